The highest BCUT2D eigenvalue weighted by atomic mass is 16.4. The second-order valence-corrected chi connectivity index (χ2v) is 4.28. The van der Waals surface area contributed by atoms with E-state index in [0.29, 0.717) is 0 Å². The Balaban J connectivity index is 0.000000461. The normalized spacial score (nSPS) is 29.2. The van der Waals surface area contributed by atoms with Crippen molar-refractivity contribution in [2.45, 2.75) is 33.1 Å². The lowest BCUT2D eigenvalue weighted by Crippen LogP contribution is -2.42. The molecule has 1 aliphatic heterocycles. The van der Waals surface area contributed by atoms with E-state index in [0.717, 1.165) is 32.4 Å². The molecule has 1 saturated heterocycles. The lowest BCUT2D eigenvalue weighted by molar-refractivity contribution is -0.146. The van der Waals surface area contributed by atoms with Crippen LogP contribution in [0.5, 0.6) is 0 Å². The number of piperidine rings is 1. The molecular weight excluding hydrogens is 178 g/mol. The molecule has 14 heavy (non-hydrogen) atoms. The van der Waals surface area contributed by atoms with Gasteiger partial charge in [-0.2, -0.15) is 0 Å². The topological polar surface area (TPSA) is 40.5 Å². The molecule has 1 unspecified atom stereocenters. The quantitative estimate of drug-likeness (QED) is 0.700. The van der Waals surface area contributed by atoms with E-state index in [2.05, 4.69) is 11.9 Å². The van der Waals surface area contributed by atoms with Crippen LogP contribution in [-0.4, -0.2) is 36.1 Å². The van der Waals surface area contributed by atoms with Gasteiger partial charge in [0.15, 0.2) is 0 Å². The van der Waals surface area contributed by atoms with Crippen LogP contribution in [0.2, 0.25) is 0 Å². The van der Waals surface area contributed by atoms with E-state index in [1.165, 1.54) is 0 Å². The van der Waals surface area contributed by atoms with Gasteiger partial charge in [-0.15, -0.1) is 0 Å². The van der Waals surface area contributed by atoms with Crippen LogP contribution in [0, 0.1) is 11.3 Å². The maximum atomic E-state index is 10.9. The fraction of sp³-hybridized carbons (Fsp3) is 0.909. The molecule has 1 atom stereocenters. The number of nitrogens with zero attached hydrogens (tertiary/aromatic N) is 1. The monoisotopic (exact) mass is 199 g/mol. The molecule has 3 nitrogen and oxygen atoms in total. The van der Waals surface area contributed by atoms with Crippen LogP contribution in [-0.2, 0) is 4.79 Å². The number of likely N-dealkylation sites (tertiary alicyclic amines) is 1. The summed E-state index contributed by atoms with van der Waals surface area (Å²) in [5, 5.41) is 8.98. The molecular formula is C11H21NO2. The first kappa shape index (κ1) is 11.5. The van der Waals surface area contributed by atoms with Gasteiger partial charge in [0.05, 0.1) is 5.92 Å². The van der Waals surface area contributed by atoms with Gasteiger partial charge in [-0.25, -0.2) is 0 Å². The molecule has 1 N–H and O–H groups in total. The third-order valence-corrected chi connectivity index (χ3v) is 3.31. The molecule has 0 aromatic carbocycles. The van der Waals surface area contributed by atoms with E-state index < -0.39 is 5.97 Å². The predicted molar refractivity (Wildman–Crippen MR) is 56.3 cm³/mol. The summed E-state index contributed by atoms with van der Waals surface area (Å²) in [6, 6.07) is 0. The molecule has 2 aliphatic rings. The van der Waals surface area contributed by atoms with Crippen molar-refractivity contribution in [3.05, 3.63) is 0 Å². The summed E-state index contributed by atoms with van der Waals surface area (Å²) >= 11 is 0. The minimum Gasteiger partial charge on any atom is -0.481 e. The number of carbonyl (C=O) groups is 1. The van der Waals surface area contributed by atoms with Crippen LogP contribution < -0.4 is 0 Å². The van der Waals surface area contributed by atoms with Crippen molar-refractivity contribution >= 4 is 5.97 Å². The Labute approximate surface area is 86.1 Å². The molecule has 0 amide bonds. The minimum absolute atomic E-state index is 0.0614. The molecule has 0 bridgehead atoms. The van der Waals surface area contributed by atoms with E-state index in [9.17, 15) is 4.79 Å². The summed E-state index contributed by atoms with van der Waals surface area (Å²) < 4.78 is 0. The van der Waals surface area contributed by atoms with Crippen molar-refractivity contribution in [3.63, 3.8) is 0 Å². The van der Waals surface area contributed by atoms with Gasteiger partial charge in [-0.3, -0.25) is 4.79 Å². The minimum atomic E-state index is -0.583. The van der Waals surface area contributed by atoms with Crippen molar-refractivity contribution < 1.29 is 9.90 Å². The van der Waals surface area contributed by atoms with Gasteiger partial charge in [-0.1, -0.05) is 13.8 Å². The van der Waals surface area contributed by atoms with Gasteiger partial charge < -0.3 is 10.0 Å². The lowest BCUT2D eigenvalue weighted by Gasteiger charge is -2.34. The summed E-state index contributed by atoms with van der Waals surface area (Å²) in [6.45, 7) is 5.93. The number of carboxylic acid groups (broad SMARTS) is 1. The standard InChI is InChI=1S/C9H15NO2.C2H6/c1-10-5-2-7(8(11)12)9(6-10)3-4-9;1-2/h7H,2-6H2,1H3,(H,11,12);1-2H3. The molecule has 3 heteroatoms. The SMILES string of the molecule is CC.CN1CCC(C(=O)O)C2(CC2)C1. The van der Waals surface area contributed by atoms with Crippen molar-refractivity contribution in [1.82, 2.24) is 4.90 Å². The van der Waals surface area contributed by atoms with E-state index in [1.54, 1.807) is 0 Å². The third kappa shape index (κ3) is 2.08. The van der Waals surface area contributed by atoms with Crippen LogP contribution in [0.4, 0.5) is 0 Å². The predicted octanol–water partition coefficient (Wildman–Crippen LogP) is 1.83. The van der Waals surface area contributed by atoms with E-state index in [4.69, 9.17) is 5.11 Å². The zero-order valence-electron chi connectivity index (χ0n) is 9.42. The number of hydrogen-bond donors (Lipinski definition) is 1. The highest BCUT2D eigenvalue weighted by Crippen LogP contribution is 2.55. The molecule has 1 aliphatic carbocycles. The largest absolute Gasteiger partial charge is 0.481 e. The first-order chi connectivity index (χ1) is 6.64. The maximum Gasteiger partial charge on any atom is 0.307 e. The Morgan fingerprint density at radius 2 is 2.00 bits per heavy atom. The van der Waals surface area contributed by atoms with Gasteiger partial charge in [0.25, 0.3) is 0 Å². The summed E-state index contributed by atoms with van der Waals surface area (Å²) in [6.07, 6.45) is 3.08. The number of rotatable bonds is 1. The van der Waals surface area contributed by atoms with Gasteiger partial charge in [0.1, 0.15) is 0 Å². The summed E-state index contributed by atoms with van der Waals surface area (Å²) in [5.41, 5.74) is 0.166. The van der Waals surface area contributed by atoms with Crippen LogP contribution in [0.3, 0.4) is 0 Å². The Morgan fingerprint density at radius 3 is 2.43 bits per heavy atom. The van der Waals surface area contributed by atoms with Crippen LogP contribution in [0.25, 0.3) is 0 Å². The highest BCUT2D eigenvalue weighted by Gasteiger charge is 2.54. The van der Waals surface area contributed by atoms with Crippen molar-refractivity contribution in [2.75, 3.05) is 20.1 Å². The van der Waals surface area contributed by atoms with Crippen molar-refractivity contribution in [2.24, 2.45) is 11.3 Å². The Morgan fingerprint density at radius 1 is 1.43 bits per heavy atom. The Kier molecular flexibility index (Phi) is 3.53. The van der Waals surface area contributed by atoms with E-state index in [-0.39, 0.29) is 11.3 Å². The van der Waals surface area contributed by atoms with Gasteiger partial charge >= 0.3 is 5.97 Å². The molecule has 0 aromatic heterocycles. The second kappa shape index (κ2) is 4.30. The van der Waals surface area contributed by atoms with Crippen molar-refractivity contribution in [1.29, 1.82) is 0 Å². The fourth-order valence-electron chi connectivity index (χ4n) is 2.44. The zero-order chi connectivity index (χ0) is 10.8. The second-order valence-electron chi connectivity index (χ2n) is 4.28. The molecule has 1 heterocycles. The van der Waals surface area contributed by atoms with Crippen LogP contribution >= 0.6 is 0 Å². The van der Waals surface area contributed by atoms with Gasteiger partial charge in [0, 0.05) is 6.54 Å². The van der Waals surface area contributed by atoms with Crippen LogP contribution in [0.15, 0.2) is 0 Å². The summed E-state index contributed by atoms with van der Waals surface area (Å²) in [5.74, 6) is -0.644. The summed E-state index contributed by atoms with van der Waals surface area (Å²) in [4.78, 5) is 13.2. The van der Waals surface area contributed by atoms with Gasteiger partial charge in [0.2, 0.25) is 0 Å². The molecule has 2 fully saturated rings. The number of hydrogen-bond acceptors (Lipinski definition) is 2. The smallest absolute Gasteiger partial charge is 0.307 e. The number of carboxylic acids is 1. The number of aliphatic carboxylic acids is 1. The third-order valence-electron chi connectivity index (χ3n) is 3.31. The average Bonchev–Trinajstić information content (AvgIpc) is 2.88. The van der Waals surface area contributed by atoms with E-state index in [1.807, 2.05) is 13.8 Å². The lowest BCUT2D eigenvalue weighted by atomic mass is 9.83. The maximum absolute atomic E-state index is 10.9. The molecule has 1 saturated carbocycles. The van der Waals surface area contributed by atoms with Crippen LogP contribution in [0.1, 0.15) is 33.1 Å². The fourth-order valence-corrected chi connectivity index (χ4v) is 2.44. The highest BCUT2D eigenvalue weighted by molar-refractivity contribution is 5.72. The summed E-state index contributed by atoms with van der Waals surface area (Å²) in [7, 11) is 2.08. The van der Waals surface area contributed by atoms with Gasteiger partial charge in [-0.05, 0) is 38.3 Å². The molecule has 1 spiro atoms. The molecule has 0 radical (unpaired) electrons. The Bertz CT molecular complexity index is 211. The Hall–Kier alpha value is -0.570. The van der Waals surface area contributed by atoms with Crippen molar-refractivity contribution in [3.8, 4) is 0 Å². The molecule has 0 aromatic rings. The van der Waals surface area contributed by atoms with E-state index >= 15 is 0 Å². The molecule has 2 rings (SSSR count). The molecule has 82 valence electrons. The first-order valence-corrected chi connectivity index (χ1v) is 5.55. The zero-order valence-corrected chi connectivity index (χ0v) is 9.42. The average molecular weight is 199 g/mol. The first-order valence-electron chi connectivity index (χ1n) is 5.55.